The van der Waals surface area contributed by atoms with Crippen molar-refractivity contribution in [3.63, 3.8) is 0 Å². The van der Waals surface area contributed by atoms with Crippen molar-refractivity contribution in [2.24, 2.45) is 0 Å². The summed E-state index contributed by atoms with van der Waals surface area (Å²) in [6, 6.07) is 0. The zero-order valence-corrected chi connectivity index (χ0v) is 8.73. The molecule has 0 aromatic carbocycles. The van der Waals surface area contributed by atoms with Crippen molar-refractivity contribution < 1.29 is 14.6 Å². The minimum atomic E-state index is -0.810. The Balaban J connectivity index is 2.36. The van der Waals surface area contributed by atoms with Gasteiger partial charge in [0.05, 0.1) is 18.6 Å². The van der Waals surface area contributed by atoms with Crippen LogP contribution < -0.4 is 0 Å². The number of thioether (sulfide) groups is 1. The van der Waals surface area contributed by atoms with Gasteiger partial charge in [-0.2, -0.15) is 11.8 Å². The Morgan fingerprint density at radius 1 is 1.69 bits per heavy atom. The Morgan fingerprint density at radius 2 is 2.46 bits per heavy atom. The van der Waals surface area contributed by atoms with Crippen LogP contribution in [-0.4, -0.2) is 34.8 Å². The molecule has 0 aliphatic carbocycles. The third-order valence-corrected chi connectivity index (χ3v) is 3.40. The van der Waals surface area contributed by atoms with E-state index >= 15 is 0 Å². The maximum atomic E-state index is 11.1. The van der Waals surface area contributed by atoms with Crippen LogP contribution in [0, 0.1) is 0 Å². The van der Waals surface area contributed by atoms with Crippen molar-refractivity contribution in [3.05, 3.63) is 0 Å². The Kier molecular flexibility index (Phi) is 4.06. The molecule has 13 heavy (non-hydrogen) atoms. The number of aliphatic hydroxyl groups is 1. The van der Waals surface area contributed by atoms with Gasteiger partial charge >= 0.3 is 5.97 Å². The number of carbonyl (C=O) groups excluding carboxylic acids is 1. The number of esters is 1. The van der Waals surface area contributed by atoms with Crippen molar-refractivity contribution in [2.45, 2.75) is 31.8 Å². The SMILES string of the molecule is CCOC(=O)CC1(O)CCCSC1. The van der Waals surface area contributed by atoms with Crippen molar-refractivity contribution in [2.75, 3.05) is 18.1 Å². The molecular formula is C9H16O3S. The summed E-state index contributed by atoms with van der Waals surface area (Å²) in [4.78, 5) is 11.1. The van der Waals surface area contributed by atoms with Gasteiger partial charge in [0.1, 0.15) is 0 Å². The number of hydrogen-bond donors (Lipinski definition) is 1. The molecule has 1 fully saturated rings. The fraction of sp³-hybridized carbons (Fsp3) is 0.889. The summed E-state index contributed by atoms with van der Waals surface area (Å²) in [5.74, 6) is 1.46. The number of ether oxygens (including phenoxy) is 1. The Bertz CT molecular complexity index is 176. The highest BCUT2D eigenvalue weighted by molar-refractivity contribution is 7.99. The molecule has 0 radical (unpaired) electrons. The van der Waals surface area contributed by atoms with Gasteiger partial charge in [0.2, 0.25) is 0 Å². The maximum absolute atomic E-state index is 11.1. The number of rotatable bonds is 3. The standard InChI is InChI=1S/C9H16O3S/c1-2-12-8(10)6-9(11)4-3-5-13-7-9/h11H,2-7H2,1H3. The molecular weight excluding hydrogens is 188 g/mol. The third-order valence-electron chi connectivity index (χ3n) is 2.08. The molecule has 0 aromatic heterocycles. The van der Waals surface area contributed by atoms with Crippen LogP contribution in [0.4, 0.5) is 0 Å². The summed E-state index contributed by atoms with van der Waals surface area (Å²) in [5.41, 5.74) is -0.810. The highest BCUT2D eigenvalue weighted by Gasteiger charge is 2.32. The molecule has 4 heteroatoms. The first-order chi connectivity index (χ1) is 6.16. The van der Waals surface area contributed by atoms with Gasteiger partial charge in [-0.25, -0.2) is 0 Å². The van der Waals surface area contributed by atoms with Crippen molar-refractivity contribution in [1.82, 2.24) is 0 Å². The molecule has 1 N–H and O–H groups in total. The number of hydrogen-bond acceptors (Lipinski definition) is 4. The largest absolute Gasteiger partial charge is 0.466 e. The summed E-state index contributed by atoms with van der Waals surface area (Å²) in [6.07, 6.45) is 1.85. The van der Waals surface area contributed by atoms with Gasteiger partial charge in [0.25, 0.3) is 0 Å². The summed E-state index contributed by atoms with van der Waals surface area (Å²) in [6.45, 7) is 2.17. The second-order valence-corrected chi connectivity index (χ2v) is 4.47. The summed E-state index contributed by atoms with van der Waals surface area (Å²) >= 11 is 1.70. The molecule has 0 aromatic rings. The maximum Gasteiger partial charge on any atom is 0.308 e. The molecule has 0 amide bonds. The normalized spacial score (nSPS) is 28.5. The first kappa shape index (κ1) is 10.9. The Hall–Kier alpha value is -0.220. The van der Waals surface area contributed by atoms with E-state index in [4.69, 9.17) is 4.74 Å². The lowest BCUT2D eigenvalue weighted by Gasteiger charge is -2.30. The molecule has 1 aliphatic heterocycles. The van der Waals surface area contributed by atoms with E-state index < -0.39 is 5.60 Å². The van der Waals surface area contributed by atoms with Crippen LogP contribution in [0.25, 0.3) is 0 Å². The van der Waals surface area contributed by atoms with Gasteiger partial charge in [-0.15, -0.1) is 0 Å². The van der Waals surface area contributed by atoms with Crippen LogP contribution >= 0.6 is 11.8 Å². The number of carbonyl (C=O) groups is 1. The Morgan fingerprint density at radius 3 is 3.00 bits per heavy atom. The summed E-state index contributed by atoms with van der Waals surface area (Å²) < 4.78 is 4.80. The van der Waals surface area contributed by atoms with Gasteiger partial charge in [0.15, 0.2) is 0 Å². The lowest BCUT2D eigenvalue weighted by Crippen LogP contribution is -2.37. The lowest BCUT2D eigenvalue weighted by atomic mass is 9.96. The first-order valence-corrected chi connectivity index (χ1v) is 5.77. The molecule has 0 bridgehead atoms. The summed E-state index contributed by atoms with van der Waals surface area (Å²) in [5, 5.41) is 9.95. The van der Waals surface area contributed by atoms with Crippen LogP contribution in [0.3, 0.4) is 0 Å². The third kappa shape index (κ3) is 3.56. The molecule has 0 saturated carbocycles. The minimum absolute atomic E-state index is 0.147. The molecule has 76 valence electrons. The van der Waals surface area contributed by atoms with Gasteiger partial charge in [-0.05, 0) is 25.5 Å². The molecule has 1 rings (SSSR count). The molecule has 1 atom stereocenters. The van der Waals surface area contributed by atoms with Crippen LogP contribution in [0.5, 0.6) is 0 Å². The van der Waals surface area contributed by atoms with Crippen molar-refractivity contribution in [3.8, 4) is 0 Å². The van der Waals surface area contributed by atoms with E-state index in [2.05, 4.69) is 0 Å². The molecule has 1 saturated heterocycles. The zero-order chi connectivity index (χ0) is 9.73. The highest BCUT2D eigenvalue weighted by Crippen LogP contribution is 2.29. The van der Waals surface area contributed by atoms with E-state index in [0.29, 0.717) is 12.4 Å². The van der Waals surface area contributed by atoms with E-state index in [9.17, 15) is 9.90 Å². The van der Waals surface area contributed by atoms with Crippen molar-refractivity contribution in [1.29, 1.82) is 0 Å². The van der Waals surface area contributed by atoms with Crippen LogP contribution in [0.1, 0.15) is 26.2 Å². The van der Waals surface area contributed by atoms with Crippen molar-refractivity contribution >= 4 is 17.7 Å². The van der Waals surface area contributed by atoms with E-state index in [1.807, 2.05) is 0 Å². The lowest BCUT2D eigenvalue weighted by molar-refractivity contribution is -0.148. The smallest absolute Gasteiger partial charge is 0.308 e. The molecule has 0 spiro atoms. The monoisotopic (exact) mass is 204 g/mol. The van der Waals surface area contributed by atoms with Crippen LogP contribution in [0.2, 0.25) is 0 Å². The highest BCUT2D eigenvalue weighted by atomic mass is 32.2. The first-order valence-electron chi connectivity index (χ1n) is 4.62. The van der Waals surface area contributed by atoms with E-state index in [-0.39, 0.29) is 12.4 Å². The quantitative estimate of drug-likeness (QED) is 0.702. The second kappa shape index (κ2) is 4.86. The molecule has 3 nitrogen and oxygen atoms in total. The Labute approximate surface area is 82.8 Å². The zero-order valence-electron chi connectivity index (χ0n) is 7.91. The molecule has 1 heterocycles. The topological polar surface area (TPSA) is 46.5 Å². The van der Waals surface area contributed by atoms with Gasteiger partial charge in [-0.1, -0.05) is 0 Å². The minimum Gasteiger partial charge on any atom is -0.466 e. The molecule has 1 unspecified atom stereocenters. The van der Waals surface area contributed by atoms with Crippen LogP contribution in [-0.2, 0) is 9.53 Å². The van der Waals surface area contributed by atoms with Gasteiger partial charge in [0, 0.05) is 5.75 Å². The van der Waals surface area contributed by atoms with E-state index in [0.717, 1.165) is 18.6 Å². The predicted octanol–water partition coefficient (Wildman–Crippen LogP) is 1.20. The average Bonchev–Trinajstić information content (AvgIpc) is 2.04. The fourth-order valence-corrected chi connectivity index (χ4v) is 2.58. The van der Waals surface area contributed by atoms with Gasteiger partial charge < -0.3 is 9.84 Å². The van der Waals surface area contributed by atoms with E-state index in [1.54, 1.807) is 18.7 Å². The average molecular weight is 204 g/mol. The second-order valence-electron chi connectivity index (χ2n) is 3.36. The van der Waals surface area contributed by atoms with Crippen LogP contribution in [0.15, 0.2) is 0 Å². The van der Waals surface area contributed by atoms with E-state index in [1.165, 1.54) is 0 Å². The fourth-order valence-electron chi connectivity index (χ4n) is 1.46. The summed E-state index contributed by atoms with van der Waals surface area (Å²) in [7, 11) is 0. The predicted molar refractivity (Wildman–Crippen MR) is 52.8 cm³/mol. The van der Waals surface area contributed by atoms with Gasteiger partial charge in [-0.3, -0.25) is 4.79 Å². The molecule has 1 aliphatic rings.